The summed E-state index contributed by atoms with van der Waals surface area (Å²) >= 11 is 6.39. The summed E-state index contributed by atoms with van der Waals surface area (Å²) < 4.78 is 3.19. The normalized spacial score (nSPS) is 16.7. The molecule has 0 aliphatic carbocycles. The Morgan fingerprint density at radius 3 is 2.90 bits per heavy atom. The third-order valence-corrected chi connectivity index (χ3v) is 5.77. The van der Waals surface area contributed by atoms with Crippen molar-refractivity contribution in [2.45, 2.75) is 25.9 Å². The second-order valence-corrected chi connectivity index (χ2v) is 7.77. The number of aromatic nitrogens is 3. The largest absolute Gasteiger partial charge is 0.334 e. The summed E-state index contributed by atoms with van der Waals surface area (Å²) in [5.74, 6) is -0.160. The maximum atomic E-state index is 13.2. The van der Waals surface area contributed by atoms with Gasteiger partial charge in [0.1, 0.15) is 5.69 Å². The molecular formula is C22H24ClN5O2. The molecule has 1 saturated heterocycles. The summed E-state index contributed by atoms with van der Waals surface area (Å²) in [6.45, 7) is 8.16. The molecule has 30 heavy (non-hydrogen) atoms. The summed E-state index contributed by atoms with van der Waals surface area (Å²) in [7, 11) is 0. The van der Waals surface area contributed by atoms with Gasteiger partial charge in [-0.3, -0.25) is 18.6 Å². The number of amides is 1. The molecule has 1 aliphatic heterocycles. The van der Waals surface area contributed by atoms with Crippen molar-refractivity contribution in [2.75, 3.05) is 19.6 Å². The lowest BCUT2D eigenvalue weighted by atomic mass is 10.1. The minimum Gasteiger partial charge on any atom is -0.334 e. The van der Waals surface area contributed by atoms with E-state index in [1.165, 1.54) is 0 Å². The number of nitrogens with zero attached hydrogens (tertiary/aromatic N) is 4. The van der Waals surface area contributed by atoms with Gasteiger partial charge in [0.2, 0.25) is 5.65 Å². The number of nitrogens with one attached hydrogen (secondary N) is 1. The van der Waals surface area contributed by atoms with Gasteiger partial charge in [0.05, 0.1) is 5.69 Å². The second-order valence-electron chi connectivity index (χ2n) is 7.37. The van der Waals surface area contributed by atoms with Gasteiger partial charge in [-0.05, 0) is 12.5 Å². The number of piperazine rings is 1. The molecule has 1 atom stereocenters. The molecule has 0 bridgehead atoms. The first kappa shape index (κ1) is 20.4. The average Bonchev–Trinajstić information content (AvgIpc) is 3.20. The predicted octanol–water partition coefficient (Wildman–Crippen LogP) is 2.83. The SMILES string of the molecule is C=CCn1c(-c2ccccc2Cl)cn2cc(C(=O)N3CCN[C@H](CC)C3)nc2c1=O. The number of allylic oxidation sites excluding steroid dienone is 1. The second kappa shape index (κ2) is 8.45. The van der Waals surface area contributed by atoms with Crippen LogP contribution >= 0.6 is 11.6 Å². The van der Waals surface area contributed by atoms with Crippen LogP contribution in [0.5, 0.6) is 0 Å². The van der Waals surface area contributed by atoms with Crippen molar-refractivity contribution in [1.29, 1.82) is 0 Å². The highest BCUT2D eigenvalue weighted by Gasteiger charge is 2.25. The molecule has 7 nitrogen and oxygen atoms in total. The van der Waals surface area contributed by atoms with Gasteiger partial charge in [-0.15, -0.1) is 6.58 Å². The van der Waals surface area contributed by atoms with Crippen molar-refractivity contribution < 1.29 is 4.79 Å². The smallest absolute Gasteiger partial charge is 0.295 e. The lowest BCUT2D eigenvalue weighted by molar-refractivity contribution is 0.0696. The molecule has 0 spiro atoms. The van der Waals surface area contributed by atoms with Gasteiger partial charge in [-0.25, -0.2) is 4.98 Å². The third kappa shape index (κ3) is 3.66. The van der Waals surface area contributed by atoms with Gasteiger partial charge < -0.3 is 10.2 Å². The Kier molecular flexibility index (Phi) is 5.74. The van der Waals surface area contributed by atoms with Crippen molar-refractivity contribution in [2.24, 2.45) is 0 Å². The predicted molar refractivity (Wildman–Crippen MR) is 118 cm³/mol. The number of benzene rings is 1. The summed E-state index contributed by atoms with van der Waals surface area (Å²) in [5.41, 5.74) is 1.55. The fourth-order valence-electron chi connectivity index (χ4n) is 3.82. The van der Waals surface area contributed by atoms with E-state index in [0.29, 0.717) is 30.4 Å². The first-order chi connectivity index (χ1) is 14.5. The maximum Gasteiger partial charge on any atom is 0.295 e. The molecule has 3 heterocycles. The highest BCUT2D eigenvalue weighted by molar-refractivity contribution is 6.33. The number of halogens is 1. The van der Waals surface area contributed by atoms with Crippen LogP contribution in [0.1, 0.15) is 23.8 Å². The van der Waals surface area contributed by atoms with Gasteiger partial charge in [-0.1, -0.05) is 42.8 Å². The van der Waals surface area contributed by atoms with Crippen molar-refractivity contribution in [3.8, 4) is 11.3 Å². The number of carbonyl (C=O) groups is 1. The quantitative estimate of drug-likeness (QED) is 0.638. The average molecular weight is 426 g/mol. The molecule has 2 aromatic heterocycles. The molecule has 1 aliphatic rings. The molecule has 1 fully saturated rings. The molecule has 3 aromatic rings. The van der Waals surface area contributed by atoms with Crippen LogP contribution in [-0.4, -0.2) is 50.4 Å². The lowest BCUT2D eigenvalue weighted by Crippen LogP contribution is -2.52. The molecule has 4 rings (SSSR count). The Morgan fingerprint density at radius 2 is 2.17 bits per heavy atom. The van der Waals surface area contributed by atoms with Crippen LogP contribution in [0.2, 0.25) is 5.02 Å². The number of hydrogen-bond acceptors (Lipinski definition) is 4. The Labute approximate surface area is 179 Å². The van der Waals surface area contributed by atoms with E-state index < -0.39 is 0 Å². The van der Waals surface area contributed by atoms with E-state index in [1.54, 1.807) is 38.4 Å². The summed E-state index contributed by atoms with van der Waals surface area (Å²) in [5, 5.41) is 3.94. The standard InChI is InChI=1S/C22H24ClN5O2/c1-3-10-28-19(16-7-5-6-8-17(16)23)14-27-13-18(25-20(27)22(28)30)21(29)26-11-9-24-15(4-2)12-26/h3,5-8,13-15,24H,1,4,9-12H2,2H3/t15-/m1/s1. The van der Waals surface area contributed by atoms with Crippen LogP contribution in [0, 0.1) is 0 Å². The van der Waals surface area contributed by atoms with E-state index in [1.807, 2.05) is 18.2 Å². The van der Waals surface area contributed by atoms with E-state index in [4.69, 9.17) is 11.6 Å². The van der Waals surface area contributed by atoms with Crippen LogP contribution < -0.4 is 10.9 Å². The van der Waals surface area contributed by atoms with Crippen LogP contribution in [0.25, 0.3) is 16.9 Å². The molecule has 1 amide bonds. The number of rotatable bonds is 5. The Hall–Kier alpha value is -2.90. The van der Waals surface area contributed by atoms with Crippen molar-refractivity contribution in [1.82, 2.24) is 24.2 Å². The highest BCUT2D eigenvalue weighted by Crippen LogP contribution is 2.27. The summed E-state index contributed by atoms with van der Waals surface area (Å²) in [4.78, 5) is 32.4. The molecule has 1 N–H and O–H groups in total. The topological polar surface area (TPSA) is 71.6 Å². The first-order valence-electron chi connectivity index (χ1n) is 10.0. The van der Waals surface area contributed by atoms with Crippen LogP contribution in [0.15, 0.2) is 54.1 Å². The molecule has 156 valence electrons. The van der Waals surface area contributed by atoms with E-state index in [2.05, 4.69) is 23.8 Å². The maximum absolute atomic E-state index is 13.2. The molecule has 0 saturated carbocycles. The number of carbonyl (C=O) groups excluding carboxylic acids is 1. The Morgan fingerprint density at radius 1 is 1.37 bits per heavy atom. The van der Waals surface area contributed by atoms with Crippen molar-refractivity contribution in [3.63, 3.8) is 0 Å². The first-order valence-corrected chi connectivity index (χ1v) is 10.4. The van der Waals surface area contributed by atoms with Gasteiger partial charge in [0.25, 0.3) is 11.5 Å². The lowest BCUT2D eigenvalue weighted by Gasteiger charge is -2.32. The van der Waals surface area contributed by atoms with Crippen LogP contribution in [-0.2, 0) is 6.54 Å². The number of hydrogen-bond donors (Lipinski definition) is 1. The van der Waals surface area contributed by atoms with E-state index in [9.17, 15) is 9.59 Å². The summed E-state index contributed by atoms with van der Waals surface area (Å²) in [6, 6.07) is 7.62. The number of imidazole rings is 1. The fraction of sp³-hybridized carbons (Fsp3) is 0.318. The molecular weight excluding hydrogens is 402 g/mol. The van der Waals surface area contributed by atoms with E-state index in [-0.39, 0.29) is 28.8 Å². The molecule has 0 unspecified atom stereocenters. The highest BCUT2D eigenvalue weighted by atomic mass is 35.5. The van der Waals surface area contributed by atoms with Gasteiger partial charge in [0.15, 0.2) is 0 Å². The zero-order valence-corrected chi connectivity index (χ0v) is 17.6. The molecule has 1 aromatic carbocycles. The minimum absolute atomic E-state index is 0.160. The molecule has 0 radical (unpaired) electrons. The van der Waals surface area contributed by atoms with Gasteiger partial charge >= 0.3 is 0 Å². The van der Waals surface area contributed by atoms with Crippen LogP contribution in [0.3, 0.4) is 0 Å². The monoisotopic (exact) mass is 425 g/mol. The summed E-state index contributed by atoms with van der Waals surface area (Å²) in [6.07, 6.45) is 6.01. The minimum atomic E-state index is -0.293. The Bertz CT molecular complexity index is 1170. The van der Waals surface area contributed by atoms with Gasteiger partial charge in [0, 0.05) is 55.2 Å². The zero-order chi connectivity index (χ0) is 21.3. The fourth-order valence-corrected chi connectivity index (χ4v) is 4.06. The van der Waals surface area contributed by atoms with Gasteiger partial charge in [-0.2, -0.15) is 0 Å². The number of fused-ring (bicyclic) bond motifs is 1. The van der Waals surface area contributed by atoms with E-state index >= 15 is 0 Å². The van der Waals surface area contributed by atoms with Crippen LogP contribution in [0.4, 0.5) is 0 Å². The van der Waals surface area contributed by atoms with Crippen molar-refractivity contribution in [3.05, 3.63) is 70.4 Å². The van der Waals surface area contributed by atoms with E-state index in [0.717, 1.165) is 18.5 Å². The molecule has 8 heteroatoms. The zero-order valence-electron chi connectivity index (χ0n) is 16.8. The Balaban J connectivity index is 1.80. The van der Waals surface area contributed by atoms with Crippen molar-refractivity contribution >= 4 is 23.2 Å². The third-order valence-electron chi connectivity index (χ3n) is 5.44.